The van der Waals surface area contributed by atoms with Gasteiger partial charge in [0.25, 0.3) is 0 Å². The molecule has 1 fully saturated rings. The lowest BCUT2D eigenvalue weighted by atomic mass is 10.1. The van der Waals surface area contributed by atoms with Crippen LogP contribution in [0.15, 0.2) is 24.3 Å². The molecule has 2 unspecified atom stereocenters. The monoisotopic (exact) mass is 276 g/mol. The van der Waals surface area contributed by atoms with Crippen molar-refractivity contribution in [2.45, 2.75) is 25.9 Å². The maximum Gasteiger partial charge on any atom is 0.238 e. The van der Waals surface area contributed by atoms with Gasteiger partial charge in [0, 0.05) is 25.2 Å². The fraction of sp³-hybridized carbons (Fsp3) is 0.533. The summed E-state index contributed by atoms with van der Waals surface area (Å²) in [4.78, 5) is 16.7. The number of likely N-dealkylation sites (N-methyl/N-ethyl adjacent to an activating group) is 1. The molecule has 1 saturated heterocycles. The van der Waals surface area contributed by atoms with Crippen molar-refractivity contribution in [3.63, 3.8) is 0 Å². The fourth-order valence-electron chi connectivity index (χ4n) is 2.65. The Hall–Kier alpha value is -1.59. The number of nitrogens with zero attached hydrogens (tertiary/aromatic N) is 2. The van der Waals surface area contributed by atoms with Gasteiger partial charge in [-0.1, -0.05) is 12.1 Å². The number of carbonyl (C=O) groups is 1. The van der Waals surface area contributed by atoms with Gasteiger partial charge < -0.3 is 11.1 Å². The number of rotatable bonds is 3. The lowest BCUT2D eigenvalue weighted by Gasteiger charge is -2.42. The van der Waals surface area contributed by atoms with Gasteiger partial charge in [-0.25, -0.2) is 0 Å². The third-order valence-corrected chi connectivity index (χ3v) is 4.04. The van der Waals surface area contributed by atoms with E-state index in [1.54, 1.807) is 6.07 Å². The molecule has 3 N–H and O–H groups in total. The topological polar surface area (TPSA) is 61.6 Å². The Morgan fingerprint density at radius 3 is 2.50 bits per heavy atom. The third kappa shape index (κ3) is 3.49. The molecule has 0 bridgehead atoms. The van der Waals surface area contributed by atoms with Gasteiger partial charge in [0.05, 0.1) is 17.9 Å². The van der Waals surface area contributed by atoms with Crippen LogP contribution >= 0.6 is 0 Å². The molecule has 0 aromatic heterocycles. The first-order valence-corrected chi connectivity index (χ1v) is 7.06. The van der Waals surface area contributed by atoms with Crippen LogP contribution in [0, 0.1) is 0 Å². The Kier molecular flexibility index (Phi) is 4.62. The molecule has 2 atom stereocenters. The molecule has 20 heavy (non-hydrogen) atoms. The highest BCUT2D eigenvalue weighted by molar-refractivity contribution is 5.95. The summed E-state index contributed by atoms with van der Waals surface area (Å²) in [6, 6.07) is 8.26. The van der Waals surface area contributed by atoms with Gasteiger partial charge >= 0.3 is 0 Å². The Bertz CT molecular complexity index is 465. The lowest BCUT2D eigenvalue weighted by Crippen LogP contribution is -2.56. The Balaban J connectivity index is 1.91. The number of nitrogens with one attached hydrogen (secondary N) is 1. The molecule has 2 rings (SSSR count). The zero-order valence-corrected chi connectivity index (χ0v) is 12.5. The van der Waals surface area contributed by atoms with E-state index in [0.717, 1.165) is 13.1 Å². The van der Waals surface area contributed by atoms with Crippen molar-refractivity contribution in [2.75, 3.05) is 37.7 Å². The number of anilines is 2. The maximum absolute atomic E-state index is 12.1. The van der Waals surface area contributed by atoms with Gasteiger partial charge in [-0.2, -0.15) is 0 Å². The zero-order chi connectivity index (χ0) is 14.7. The predicted octanol–water partition coefficient (Wildman–Crippen LogP) is 1.23. The number of benzene rings is 1. The molecule has 0 aliphatic carbocycles. The molecule has 0 radical (unpaired) electrons. The molecule has 1 aromatic carbocycles. The number of piperazine rings is 1. The van der Waals surface area contributed by atoms with Crippen molar-refractivity contribution in [3.05, 3.63) is 24.3 Å². The van der Waals surface area contributed by atoms with Crippen molar-refractivity contribution in [2.24, 2.45) is 0 Å². The maximum atomic E-state index is 12.1. The van der Waals surface area contributed by atoms with Crippen LogP contribution in [0.2, 0.25) is 0 Å². The number of hydrogen-bond acceptors (Lipinski definition) is 4. The summed E-state index contributed by atoms with van der Waals surface area (Å²) >= 11 is 0. The molecule has 1 aliphatic rings. The average Bonchev–Trinajstić information content (AvgIpc) is 2.38. The number of hydrogen-bond donors (Lipinski definition) is 2. The summed E-state index contributed by atoms with van der Waals surface area (Å²) in [5.41, 5.74) is 7.12. The molecule has 1 aromatic rings. The van der Waals surface area contributed by atoms with E-state index in [2.05, 4.69) is 36.0 Å². The van der Waals surface area contributed by atoms with Crippen molar-refractivity contribution in [3.8, 4) is 0 Å². The SMILES string of the molecule is CC1CN(CC(=O)Nc2ccccc2N)CC(C)N1C. The van der Waals surface area contributed by atoms with E-state index in [4.69, 9.17) is 5.73 Å². The number of nitrogens with two attached hydrogens (primary N) is 1. The van der Waals surface area contributed by atoms with E-state index in [1.165, 1.54) is 0 Å². The Morgan fingerprint density at radius 2 is 1.90 bits per heavy atom. The molecular weight excluding hydrogens is 252 g/mol. The van der Waals surface area contributed by atoms with E-state index >= 15 is 0 Å². The second-order valence-electron chi connectivity index (χ2n) is 5.69. The largest absolute Gasteiger partial charge is 0.397 e. The summed E-state index contributed by atoms with van der Waals surface area (Å²) in [7, 11) is 2.14. The Labute approximate surface area is 120 Å². The van der Waals surface area contributed by atoms with Gasteiger partial charge in [0.15, 0.2) is 0 Å². The van der Waals surface area contributed by atoms with Gasteiger partial charge in [-0.3, -0.25) is 14.6 Å². The lowest BCUT2D eigenvalue weighted by molar-refractivity contribution is -0.118. The Morgan fingerprint density at radius 1 is 1.30 bits per heavy atom. The quantitative estimate of drug-likeness (QED) is 0.815. The smallest absolute Gasteiger partial charge is 0.238 e. The van der Waals surface area contributed by atoms with Crippen molar-refractivity contribution >= 4 is 17.3 Å². The normalized spacial score (nSPS) is 24.6. The summed E-state index contributed by atoms with van der Waals surface area (Å²) in [6.45, 7) is 6.62. The highest BCUT2D eigenvalue weighted by atomic mass is 16.2. The molecular formula is C15H24N4O. The summed E-state index contributed by atoms with van der Waals surface area (Å²) < 4.78 is 0. The zero-order valence-electron chi connectivity index (χ0n) is 12.5. The van der Waals surface area contributed by atoms with Crippen molar-refractivity contribution in [1.82, 2.24) is 9.80 Å². The fourth-order valence-corrected chi connectivity index (χ4v) is 2.65. The summed E-state index contributed by atoms with van der Waals surface area (Å²) in [5, 5.41) is 2.88. The van der Waals surface area contributed by atoms with Crippen LogP contribution in [-0.4, -0.2) is 54.5 Å². The second-order valence-corrected chi connectivity index (χ2v) is 5.69. The molecule has 1 heterocycles. The van der Waals surface area contributed by atoms with E-state index in [0.29, 0.717) is 30.0 Å². The first-order chi connectivity index (χ1) is 9.47. The van der Waals surface area contributed by atoms with Gasteiger partial charge in [0.2, 0.25) is 5.91 Å². The average molecular weight is 276 g/mol. The predicted molar refractivity (Wildman–Crippen MR) is 82.6 cm³/mol. The van der Waals surface area contributed by atoms with Crippen LogP contribution in [0.4, 0.5) is 11.4 Å². The highest BCUT2D eigenvalue weighted by Gasteiger charge is 2.27. The summed E-state index contributed by atoms with van der Waals surface area (Å²) in [6.07, 6.45) is 0. The first kappa shape index (κ1) is 14.8. The van der Waals surface area contributed by atoms with E-state index < -0.39 is 0 Å². The summed E-state index contributed by atoms with van der Waals surface area (Å²) in [5.74, 6) is -0.00754. The van der Waals surface area contributed by atoms with Gasteiger partial charge in [-0.15, -0.1) is 0 Å². The first-order valence-electron chi connectivity index (χ1n) is 7.06. The standard InChI is InChI=1S/C15H24N4O/c1-11-8-19(9-12(2)18(11)3)10-15(20)17-14-7-5-4-6-13(14)16/h4-7,11-12H,8-10,16H2,1-3H3,(H,17,20). The number of carbonyl (C=O) groups excluding carboxylic acids is 1. The van der Waals surface area contributed by atoms with E-state index in [1.807, 2.05) is 18.2 Å². The van der Waals surface area contributed by atoms with E-state index in [9.17, 15) is 4.79 Å². The van der Waals surface area contributed by atoms with Crippen LogP contribution in [-0.2, 0) is 4.79 Å². The molecule has 0 spiro atoms. The molecule has 0 saturated carbocycles. The van der Waals surface area contributed by atoms with Crippen LogP contribution in [0.25, 0.3) is 0 Å². The van der Waals surface area contributed by atoms with Crippen molar-refractivity contribution in [1.29, 1.82) is 0 Å². The van der Waals surface area contributed by atoms with Gasteiger partial charge in [-0.05, 0) is 33.0 Å². The number of nitrogen functional groups attached to an aromatic ring is 1. The minimum atomic E-state index is -0.00754. The van der Waals surface area contributed by atoms with Gasteiger partial charge in [0.1, 0.15) is 0 Å². The number of para-hydroxylation sites is 2. The molecule has 5 heteroatoms. The van der Waals surface area contributed by atoms with E-state index in [-0.39, 0.29) is 5.91 Å². The molecule has 5 nitrogen and oxygen atoms in total. The number of amides is 1. The minimum Gasteiger partial charge on any atom is -0.397 e. The van der Waals surface area contributed by atoms with Crippen LogP contribution in [0.5, 0.6) is 0 Å². The highest BCUT2D eigenvalue weighted by Crippen LogP contribution is 2.17. The van der Waals surface area contributed by atoms with Crippen LogP contribution in [0.1, 0.15) is 13.8 Å². The van der Waals surface area contributed by atoms with Crippen LogP contribution in [0.3, 0.4) is 0 Å². The molecule has 1 amide bonds. The molecule has 1 aliphatic heterocycles. The molecule has 110 valence electrons. The third-order valence-electron chi connectivity index (χ3n) is 4.04. The minimum absolute atomic E-state index is 0.00754. The van der Waals surface area contributed by atoms with Crippen molar-refractivity contribution < 1.29 is 4.79 Å². The van der Waals surface area contributed by atoms with Crippen LogP contribution < -0.4 is 11.1 Å². The second kappa shape index (κ2) is 6.24.